The molecule has 0 bridgehead atoms. The van der Waals surface area contributed by atoms with E-state index in [2.05, 4.69) is 0 Å². The number of ether oxygens (including phenoxy) is 1. The summed E-state index contributed by atoms with van der Waals surface area (Å²) in [7, 11) is 0.460. The van der Waals surface area contributed by atoms with E-state index >= 15 is 0 Å². The summed E-state index contributed by atoms with van der Waals surface area (Å²) < 4.78 is 16.5. The summed E-state index contributed by atoms with van der Waals surface area (Å²) in [6.07, 6.45) is 0. The second-order valence-electron chi connectivity index (χ2n) is 2.72. The van der Waals surface area contributed by atoms with Crippen LogP contribution in [0, 0.1) is 0 Å². The van der Waals surface area contributed by atoms with Crippen LogP contribution >= 0.6 is 11.6 Å². The summed E-state index contributed by atoms with van der Waals surface area (Å²) in [5, 5.41) is 0.551. The molecule has 0 aliphatic carbocycles. The van der Waals surface area contributed by atoms with Gasteiger partial charge in [-0.1, -0.05) is 11.6 Å². The first-order chi connectivity index (χ1) is 6.65. The van der Waals surface area contributed by atoms with Gasteiger partial charge in [0.1, 0.15) is 0 Å². The van der Waals surface area contributed by atoms with Crippen molar-refractivity contribution in [3.8, 4) is 0 Å². The van der Waals surface area contributed by atoms with Crippen molar-refractivity contribution >= 4 is 28.1 Å². The number of anilines is 1. The lowest BCUT2D eigenvalue weighted by Crippen LogP contribution is -2.06. The summed E-state index contributed by atoms with van der Waals surface area (Å²) in [5.74, 6) is 0.447. The molecule has 0 heterocycles. The van der Waals surface area contributed by atoms with Gasteiger partial charge in [0, 0.05) is 17.8 Å². The van der Waals surface area contributed by atoms with Gasteiger partial charge in [-0.05, 0) is 18.2 Å². The Bertz CT molecular complexity index is 344. The average molecular weight is 234 g/mol. The molecule has 0 radical (unpaired) electrons. The van der Waals surface area contributed by atoms with Crippen LogP contribution in [-0.2, 0) is 15.5 Å². The first-order valence-corrected chi connectivity index (χ1v) is 5.77. The van der Waals surface area contributed by atoms with Crippen molar-refractivity contribution < 1.29 is 8.95 Å². The highest BCUT2D eigenvalue weighted by atomic mass is 35.5. The van der Waals surface area contributed by atoms with Crippen LogP contribution in [0.15, 0.2) is 23.1 Å². The van der Waals surface area contributed by atoms with Crippen LogP contribution in [0.2, 0.25) is 5.02 Å². The van der Waals surface area contributed by atoms with Gasteiger partial charge in [0.2, 0.25) is 0 Å². The molecule has 1 rings (SSSR count). The van der Waals surface area contributed by atoms with E-state index < -0.39 is 10.8 Å². The topological polar surface area (TPSA) is 52.3 Å². The van der Waals surface area contributed by atoms with Crippen molar-refractivity contribution in [1.82, 2.24) is 0 Å². The van der Waals surface area contributed by atoms with Crippen LogP contribution in [0.4, 0.5) is 5.69 Å². The molecule has 3 nitrogen and oxygen atoms in total. The number of rotatable bonds is 4. The minimum atomic E-state index is -1.11. The van der Waals surface area contributed by atoms with E-state index in [4.69, 9.17) is 22.1 Å². The van der Waals surface area contributed by atoms with Gasteiger partial charge in [0.25, 0.3) is 0 Å². The van der Waals surface area contributed by atoms with E-state index in [0.29, 0.717) is 28.0 Å². The van der Waals surface area contributed by atoms with Crippen LogP contribution < -0.4 is 5.73 Å². The van der Waals surface area contributed by atoms with Gasteiger partial charge in [0.05, 0.1) is 28.1 Å². The van der Waals surface area contributed by atoms with Crippen molar-refractivity contribution in [2.24, 2.45) is 0 Å². The fraction of sp³-hybridized carbons (Fsp3) is 0.333. The van der Waals surface area contributed by atoms with Crippen LogP contribution in [0.3, 0.4) is 0 Å². The average Bonchev–Trinajstić information content (AvgIpc) is 2.14. The minimum Gasteiger partial charge on any atom is -0.398 e. The Morgan fingerprint density at radius 1 is 1.57 bits per heavy atom. The molecule has 1 aromatic carbocycles. The number of benzene rings is 1. The number of nitrogen functional groups attached to an aromatic ring is 1. The Labute approximate surface area is 90.7 Å². The molecule has 2 N–H and O–H groups in total. The fourth-order valence-corrected chi connectivity index (χ4v) is 2.26. The highest BCUT2D eigenvalue weighted by Gasteiger charge is 2.07. The summed E-state index contributed by atoms with van der Waals surface area (Å²) in [5.41, 5.74) is 6.14. The van der Waals surface area contributed by atoms with Crippen LogP contribution in [-0.4, -0.2) is 23.7 Å². The molecular weight excluding hydrogens is 222 g/mol. The Morgan fingerprint density at radius 3 is 2.86 bits per heavy atom. The molecule has 1 aromatic rings. The van der Waals surface area contributed by atoms with Gasteiger partial charge in [0.15, 0.2) is 0 Å². The second kappa shape index (κ2) is 5.34. The normalized spacial score (nSPS) is 12.7. The third-order valence-corrected chi connectivity index (χ3v) is 3.32. The highest BCUT2D eigenvalue weighted by molar-refractivity contribution is 7.85. The van der Waals surface area contributed by atoms with Crippen molar-refractivity contribution in [3.63, 3.8) is 0 Å². The van der Waals surface area contributed by atoms with Crippen molar-refractivity contribution in [3.05, 3.63) is 23.2 Å². The van der Waals surface area contributed by atoms with E-state index in [9.17, 15) is 4.21 Å². The van der Waals surface area contributed by atoms with Crippen LogP contribution in [0.25, 0.3) is 0 Å². The predicted octanol–water partition coefficient (Wildman–Crippen LogP) is 1.68. The molecule has 5 heteroatoms. The summed E-state index contributed by atoms with van der Waals surface area (Å²) in [6.45, 7) is 0.453. The third kappa shape index (κ3) is 2.97. The molecule has 0 aliphatic heterocycles. The molecular formula is C9H12ClNO2S. The third-order valence-electron chi connectivity index (χ3n) is 1.69. The molecule has 0 saturated carbocycles. The van der Waals surface area contributed by atoms with E-state index in [1.807, 2.05) is 0 Å². The number of methoxy groups -OCH3 is 1. The maximum atomic E-state index is 11.6. The first-order valence-electron chi connectivity index (χ1n) is 4.07. The lowest BCUT2D eigenvalue weighted by molar-refractivity contribution is 0.218. The lowest BCUT2D eigenvalue weighted by atomic mass is 10.3. The number of nitrogens with two attached hydrogens (primary N) is 1. The first kappa shape index (κ1) is 11.5. The minimum absolute atomic E-state index is 0.447. The molecule has 78 valence electrons. The maximum Gasteiger partial charge on any atom is 0.0619 e. The molecule has 0 aliphatic rings. The van der Waals surface area contributed by atoms with Crippen molar-refractivity contribution in [2.75, 3.05) is 25.2 Å². The number of halogens is 1. The standard InChI is InChI=1S/C9H12ClNO2S/c1-13-4-5-14(12)9-3-2-7(10)6-8(9)11/h2-3,6H,4-5,11H2,1H3. The Morgan fingerprint density at radius 2 is 2.29 bits per heavy atom. The quantitative estimate of drug-likeness (QED) is 0.805. The van der Waals surface area contributed by atoms with E-state index in [0.717, 1.165) is 0 Å². The SMILES string of the molecule is COCCS(=O)c1ccc(Cl)cc1N. The molecule has 0 amide bonds. The van der Waals surface area contributed by atoms with Gasteiger partial charge >= 0.3 is 0 Å². The zero-order chi connectivity index (χ0) is 10.6. The van der Waals surface area contributed by atoms with Crippen molar-refractivity contribution in [1.29, 1.82) is 0 Å². The monoisotopic (exact) mass is 233 g/mol. The molecule has 0 aromatic heterocycles. The Balaban J connectivity index is 2.80. The molecule has 14 heavy (non-hydrogen) atoms. The van der Waals surface area contributed by atoms with E-state index in [1.165, 1.54) is 0 Å². The maximum absolute atomic E-state index is 11.6. The summed E-state index contributed by atoms with van der Waals surface area (Å²) in [6, 6.07) is 4.96. The predicted molar refractivity (Wildman–Crippen MR) is 59.0 cm³/mol. The van der Waals surface area contributed by atoms with Crippen LogP contribution in [0.5, 0.6) is 0 Å². The highest BCUT2D eigenvalue weighted by Crippen LogP contribution is 2.21. The fourth-order valence-electron chi connectivity index (χ4n) is 0.996. The van der Waals surface area contributed by atoms with Crippen molar-refractivity contribution in [2.45, 2.75) is 4.90 Å². The van der Waals surface area contributed by atoms with E-state index in [-0.39, 0.29) is 0 Å². The van der Waals surface area contributed by atoms with Gasteiger partial charge < -0.3 is 10.5 Å². The number of hydrogen-bond donors (Lipinski definition) is 1. The van der Waals surface area contributed by atoms with E-state index in [1.54, 1.807) is 25.3 Å². The Kier molecular flexibility index (Phi) is 4.38. The number of hydrogen-bond acceptors (Lipinski definition) is 3. The second-order valence-corrected chi connectivity index (χ2v) is 4.70. The van der Waals surface area contributed by atoms with Gasteiger partial charge in [-0.2, -0.15) is 0 Å². The van der Waals surface area contributed by atoms with Crippen LogP contribution in [0.1, 0.15) is 0 Å². The summed E-state index contributed by atoms with van der Waals surface area (Å²) >= 11 is 5.72. The lowest BCUT2D eigenvalue weighted by Gasteiger charge is -2.05. The molecule has 0 spiro atoms. The zero-order valence-corrected chi connectivity index (χ0v) is 9.40. The smallest absolute Gasteiger partial charge is 0.0619 e. The molecule has 0 fully saturated rings. The Hall–Kier alpha value is -0.580. The van der Waals surface area contributed by atoms with Gasteiger partial charge in [-0.15, -0.1) is 0 Å². The molecule has 1 atom stereocenters. The molecule has 1 unspecified atom stereocenters. The molecule has 0 saturated heterocycles. The largest absolute Gasteiger partial charge is 0.398 e. The summed E-state index contributed by atoms with van der Waals surface area (Å²) in [4.78, 5) is 0.617. The van der Waals surface area contributed by atoms with Gasteiger partial charge in [-0.25, -0.2) is 0 Å². The van der Waals surface area contributed by atoms with Gasteiger partial charge in [-0.3, -0.25) is 4.21 Å². The zero-order valence-electron chi connectivity index (χ0n) is 7.83.